The number of rotatable bonds is 4. The third-order valence-corrected chi connectivity index (χ3v) is 2.69. The zero-order valence-electron chi connectivity index (χ0n) is 9.68. The molecular weight excluding hydrogens is 170 g/mol. The molecule has 1 heterocycles. The normalized spacial score (nSPS) is 17.9. The topological polar surface area (TPSA) is 3.24 Å². The van der Waals surface area contributed by atoms with Crippen LogP contribution in [0.15, 0.2) is 23.8 Å². The summed E-state index contributed by atoms with van der Waals surface area (Å²) in [5.41, 5.74) is 2.75. The van der Waals surface area contributed by atoms with Crippen LogP contribution in [0.5, 0.6) is 0 Å². The Balaban J connectivity index is 2.22. The number of allylic oxidation sites excluding steroid dienone is 2. The predicted octanol–water partition coefficient (Wildman–Crippen LogP) is 3.38. The maximum absolute atomic E-state index is 4.13. The van der Waals surface area contributed by atoms with E-state index in [0.29, 0.717) is 0 Å². The van der Waals surface area contributed by atoms with E-state index >= 15 is 0 Å². The lowest BCUT2D eigenvalue weighted by Gasteiger charge is -2.26. The van der Waals surface area contributed by atoms with Crippen molar-refractivity contribution in [2.45, 2.75) is 39.5 Å². The van der Waals surface area contributed by atoms with Gasteiger partial charge in [-0.25, -0.2) is 0 Å². The maximum Gasteiger partial charge on any atom is 0.0193 e. The second-order valence-corrected chi connectivity index (χ2v) is 4.57. The minimum absolute atomic E-state index is 1.05. The molecule has 0 aliphatic carbocycles. The van der Waals surface area contributed by atoms with Crippen molar-refractivity contribution in [3.05, 3.63) is 23.8 Å². The van der Waals surface area contributed by atoms with Crippen LogP contribution in [0.25, 0.3) is 0 Å². The molecule has 0 spiro atoms. The average molecular weight is 193 g/mol. The summed E-state index contributed by atoms with van der Waals surface area (Å²) in [4.78, 5) is 2.53. The minimum atomic E-state index is 1.05. The van der Waals surface area contributed by atoms with Gasteiger partial charge in [0.25, 0.3) is 0 Å². The summed E-state index contributed by atoms with van der Waals surface area (Å²) in [6.45, 7) is 12.1. The van der Waals surface area contributed by atoms with Gasteiger partial charge in [0, 0.05) is 6.54 Å². The van der Waals surface area contributed by atoms with Crippen molar-refractivity contribution in [1.29, 1.82) is 0 Å². The third kappa shape index (κ3) is 4.61. The largest absolute Gasteiger partial charge is 0.299 e. The van der Waals surface area contributed by atoms with E-state index in [2.05, 4.69) is 31.4 Å². The number of nitrogens with zero attached hydrogens (tertiary/aromatic N) is 1. The Hall–Kier alpha value is -0.560. The van der Waals surface area contributed by atoms with Gasteiger partial charge in [0.15, 0.2) is 0 Å². The second-order valence-electron chi connectivity index (χ2n) is 4.57. The van der Waals surface area contributed by atoms with Gasteiger partial charge in [-0.1, -0.05) is 30.2 Å². The Labute approximate surface area is 88.5 Å². The van der Waals surface area contributed by atoms with Crippen LogP contribution >= 0.6 is 0 Å². The van der Waals surface area contributed by atoms with E-state index in [1.807, 2.05) is 0 Å². The van der Waals surface area contributed by atoms with Gasteiger partial charge in [0.1, 0.15) is 0 Å². The van der Waals surface area contributed by atoms with Gasteiger partial charge in [-0.2, -0.15) is 0 Å². The zero-order valence-corrected chi connectivity index (χ0v) is 9.68. The lowest BCUT2D eigenvalue weighted by atomic mass is 10.1. The van der Waals surface area contributed by atoms with Crippen molar-refractivity contribution in [1.82, 2.24) is 4.90 Å². The van der Waals surface area contributed by atoms with Gasteiger partial charge < -0.3 is 0 Å². The lowest BCUT2D eigenvalue weighted by Crippen LogP contribution is -2.31. The van der Waals surface area contributed by atoms with Gasteiger partial charge in [-0.05, 0) is 46.2 Å². The smallest absolute Gasteiger partial charge is 0.0193 e. The molecule has 1 heteroatoms. The molecule has 80 valence electrons. The van der Waals surface area contributed by atoms with Crippen molar-refractivity contribution >= 4 is 0 Å². The Bertz CT molecular complexity index is 205. The van der Waals surface area contributed by atoms with Crippen molar-refractivity contribution in [3.63, 3.8) is 0 Å². The number of hydrogen-bond acceptors (Lipinski definition) is 1. The molecule has 0 aromatic heterocycles. The molecule has 0 aromatic rings. The van der Waals surface area contributed by atoms with Crippen LogP contribution in [0.3, 0.4) is 0 Å². The van der Waals surface area contributed by atoms with Gasteiger partial charge in [-0.3, -0.25) is 4.90 Å². The highest BCUT2D eigenvalue weighted by Gasteiger charge is 2.09. The van der Waals surface area contributed by atoms with Gasteiger partial charge in [0.2, 0.25) is 0 Å². The third-order valence-electron chi connectivity index (χ3n) is 2.69. The van der Waals surface area contributed by atoms with E-state index in [-0.39, 0.29) is 0 Å². The molecule has 0 bridgehead atoms. The number of hydrogen-bond donors (Lipinski definition) is 0. The fraction of sp³-hybridized carbons (Fsp3) is 0.692. The molecule has 1 aliphatic rings. The van der Waals surface area contributed by atoms with E-state index < -0.39 is 0 Å². The fourth-order valence-corrected chi connectivity index (χ4v) is 1.85. The first-order valence-electron chi connectivity index (χ1n) is 5.71. The molecule has 1 saturated heterocycles. The monoisotopic (exact) mass is 193 g/mol. The first-order chi connectivity index (χ1) is 6.68. The summed E-state index contributed by atoms with van der Waals surface area (Å²) in [5, 5.41) is 0. The molecule has 0 amide bonds. The molecule has 0 N–H and O–H groups in total. The summed E-state index contributed by atoms with van der Waals surface area (Å²) in [6, 6.07) is 0. The van der Waals surface area contributed by atoms with Crippen LogP contribution in [-0.2, 0) is 0 Å². The molecule has 0 radical (unpaired) electrons. The maximum atomic E-state index is 4.13. The summed E-state index contributed by atoms with van der Waals surface area (Å²) >= 11 is 0. The highest BCUT2D eigenvalue weighted by atomic mass is 15.1. The molecule has 1 aliphatic heterocycles. The standard InChI is InChI=1S/C13H23N/c1-12(2)7-8-13(3)11-14-9-5-4-6-10-14/h7H,3-6,8-11H2,1-2H3. The molecule has 1 rings (SSSR count). The molecule has 1 fully saturated rings. The lowest BCUT2D eigenvalue weighted by molar-refractivity contribution is 0.246. The van der Waals surface area contributed by atoms with E-state index in [9.17, 15) is 0 Å². The Kier molecular flexibility index (Phi) is 4.95. The van der Waals surface area contributed by atoms with E-state index in [4.69, 9.17) is 0 Å². The highest BCUT2D eigenvalue weighted by molar-refractivity contribution is 5.07. The number of likely N-dealkylation sites (tertiary alicyclic amines) is 1. The van der Waals surface area contributed by atoms with E-state index in [0.717, 1.165) is 13.0 Å². The predicted molar refractivity (Wildman–Crippen MR) is 63.5 cm³/mol. The van der Waals surface area contributed by atoms with Crippen LogP contribution in [0.1, 0.15) is 39.5 Å². The zero-order chi connectivity index (χ0) is 10.4. The van der Waals surface area contributed by atoms with Gasteiger partial charge in [0.05, 0.1) is 0 Å². The Morgan fingerprint density at radius 1 is 1.21 bits per heavy atom. The van der Waals surface area contributed by atoms with Crippen LogP contribution in [-0.4, -0.2) is 24.5 Å². The average Bonchev–Trinajstić information content (AvgIpc) is 2.16. The quantitative estimate of drug-likeness (QED) is 0.619. The molecular formula is C13H23N. The fourth-order valence-electron chi connectivity index (χ4n) is 1.85. The molecule has 0 saturated carbocycles. The minimum Gasteiger partial charge on any atom is -0.299 e. The summed E-state index contributed by atoms with van der Waals surface area (Å²) in [6.07, 6.45) is 7.48. The van der Waals surface area contributed by atoms with Gasteiger partial charge >= 0.3 is 0 Å². The number of piperidine rings is 1. The van der Waals surface area contributed by atoms with Crippen molar-refractivity contribution in [3.8, 4) is 0 Å². The first-order valence-corrected chi connectivity index (χ1v) is 5.71. The molecule has 0 aromatic carbocycles. The molecule has 1 nitrogen and oxygen atoms in total. The first kappa shape index (κ1) is 11.5. The van der Waals surface area contributed by atoms with Gasteiger partial charge in [-0.15, -0.1) is 0 Å². The van der Waals surface area contributed by atoms with Crippen LogP contribution in [0, 0.1) is 0 Å². The van der Waals surface area contributed by atoms with Crippen molar-refractivity contribution < 1.29 is 0 Å². The van der Waals surface area contributed by atoms with Crippen molar-refractivity contribution in [2.24, 2.45) is 0 Å². The summed E-state index contributed by atoms with van der Waals surface area (Å²) < 4.78 is 0. The van der Waals surface area contributed by atoms with Crippen LogP contribution < -0.4 is 0 Å². The van der Waals surface area contributed by atoms with Crippen LogP contribution in [0.2, 0.25) is 0 Å². The SMILES string of the molecule is C=C(CC=C(C)C)CN1CCCCC1. The Morgan fingerprint density at radius 3 is 2.43 bits per heavy atom. The second kappa shape index (κ2) is 6.02. The van der Waals surface area contributed by atoms with Crippen molar-refractivity contribution in [2.75, 3.05) is 19.6 Å². The molecule has 0 unspecified atom stereocenters. The highest BCUT2D eigenvalue weighted by Crippen LogP contribution is 2.12. The summed E-state index contributed by atoms with van der Waals surface area (Å²) in [5.74, 6) is 0. The van der Waals surface area contributed by atoms with Crippen LogP contribution in [0.4, 0.5) is 0 Å². The Morgan fingerprint density at radius 2 is 1.86 bits per heavy atom. The molecule has 0 atom stereocenters. The van der Waals surface area contributed by atoms with E-state index in [1.54, 1.807) is 0 Å². The summed E-state index contributed by atoms with van der Waals surface area (Å²) in [7, 11) is 0. The van der Waals surface area contributed by atoms with E-state index in [1.165, 1.54) is 43.5 Å². The molecule has 14 heavy (non-hydrogen) atoms.